The van der Waals surface area contributed by atoms with Gasteiger partial charge in [0.1, 0.15) is 11.2 Å². The van der Waals surface area contributed by atoms with Gasteiger partial charge in [-0.1, -0.05) is 24.3 Å². The van der Waals surface area contributed by atoms with Crippen LogP contribution in [0.1, 0.15) is 0 Å². The number of rotatable bonds is 1. The van der Waals surface area contributed by atoms with Gasteiger partial charge in [-0.15, -0.1) is 0 Å². The first kappa shape index (κ1) is 10.3. The molecule has 19 heavy (non-hydrogen) atoms. The number of furan rings is 1. The Morgan fingerprint density at radius 2 is 1.47 bits per heavy atom. The average Bonchev–Trinajstić information content (AvgIpc) is 2.86. The zero-order valence-electron chi connectivity index (χ0n) is 10.2. The van der Waals surface area contributed by atoms with Gasteiger partial charge in [0, 0.05) is 23.2 Å². The lowest BCUT2D eigenvalue weighted by molar-refractivity contribution is 0.669. The van der Waals surface area contributed by atoms with Crippen LogP contribution in [0.4, 0.5) is 0 Å². The summed E-state index contributed by atoms with van der Waals surface area (Å²) in [7, 11) is 0. The van der Waals surface area contributed by atoms with E-state index >= 15 is 0 Å². The van der Waals surface area contributed by atoms with Crippen LogP contribution >= 0.6 is 0 Å². The Balaban J connectivity index is 2.03. The molecule has 0 fully saturated rings. The summed E-state index contributed by atoms with van der Waals surface area (Å²) in [5.41, 5.74) is 4.21. The molecule has 2 heteroatoms. The second-order valence-corrected chi connectivity index (χ2v) is 4.55. The molecule has 0 aliphatic rings. The van der Waals surface area contributed by atoms with E-state index in [1.807, 2.05) is 48.8 Å². The van der Waals surface area contributed by atoms with Crippen molar-refractivity contribution in [2.24, 2.45) is 0 Å². The summed E-state index contributed by atoms with van der Waals surface area (Å²) < 4.78 is 5.83. The minimum absolute atomic E-state index is 0.930. The highest BCUT2D eigenvalue weighted by molar-refractivity contribution is 6.06. The minimum Gasteiger partial charge on any atom is -0.456 e. The molecule has 0 unspecified atom stereocenters. The van der Waals surface area contributed by atoms with Crippen LogP contribution in [0, 0.1) is 0 Å². The normalized spacial score (nSPS) is 11.2. The van der Waals surface area contributed by atoms with Crippen molar-refractivity contribution in [3.05, 3.63) is 67.0 Å². The molecule has 0 amide bonds. The minimum atomic E-state index is 0.930. The van der Waals surface area contributed by atoms with Crippen molar-refractivity contribution in [3.8, 4) is 11.1 Å². The lowest BCUT2D eigenvalue weighted by Crippen LogP contribution is -1.78. The SMILES string of the molecule is c1ccc2c(c1)oc1ccc(-c3ccncc3)cc12. The highest BCUT2D eigenvalue weighted by Gasteiger charge is 2.07. The van der Waals surface area contributed by atoms with Crippen molar-refractivity contribution in [2.75, 3.05) is 0 Å². The summed E-state index contributed by atoms with van der Waals surface area (Å²) in [4.78, 5) is 4.05. The van der Waals surface area contributed by atoms with E-state index in [0.29, 0.717) is 0 Å². The lowest BCUT2D eigenvalue weighted by atomic mass is 10.0. The Kier molecular flexibility index (Phi) is 2.15. The maximum Gasteiger partial charge on any atom is 0.135 e. The van der Waals surface area contributed by atoms with Gasteiger partial charge in [-0.25, -0.2) is 0 Å². The smallest absolute Gasteiger partial charge is 0.135 e. The third-order valence-electron chi connectivity index (χ3n) is 3.39. The fourth-order valence-electron chi connectivity index (χ4n) is 2.45. The van der Waals surface area contributed by atoms with Gasteiger partial charge < -0.3 is 4.42 Å². The predicted molar refractivity (Wildman–Crippen MR) is 77.0 cm³/mol. The van der Waals surface area contributed by atoms with E-state index in [1.165, 1.54) is 11.1 Å². The van der Waals surface area contributed by atoms with E-state index in [0.717, 1.165) is 21.9 Å². The lowest BCUT2D eigenvalue weighted by Gasteiger charge is -2.00. The largest absolute Gasteiger partial charge is 0.456 e. The predicted octanol–water partition coefficient (Wildman–Crippen LogP) is 4.65. The van der Waals surface area contributed by atoms with Gasteiger partial charge in [0.15, 0.2) is 0 Å². The Bertz CT molecular complexity index is 862. The summed E-state index contributed by atoms with van der Waals surface area (Å²) >= 11 is 0. The number of hydrogen-bond donors (Lipinski definition) is 0. The van der Waals surface area contributed by atoms with E-state index in [4.69, 9.17) is 4.42 Å². The van der Waals surface area contributed by atoms with E-state index in [-0.39, 0.29) is 0 Å². The van der Waals surface area contributed by atoms with Crippen molar-refractivity contribution in [2.45, 2.75) is 0 Å². The number of pyridine rings is 1. The molecular weight excluding hydrogens is 234 g/mol. The molecule has 0 spiro atoms. The molecule has 0 aliphatic carbocycles. The Labute approximate surface area is 110 Å². The standard InChI is InChI=1S/C17H11NO/c1-2-4-16-14(3-1)15-11-13(5-6-17(15)19-16)12-7-9-18-10-8-12/h1-11H. The number of para-hydroxylation sites is 1. The maximum absolute atomic E-state index is 5.83. The Hall–Kier alpha value is -2.61. The molecule has 4 aromatic rings. The van der Waals surface area contributed by atoms with E-state index in [1.54, 1.807) is 0 Å². The van der Waals surface area contributed by atoms with Crippen LogP contribution in [0.5, 0.6) is 0 Å². The zero-order valence-corrected chi connectivity index (χ0v) is 10.2. The molecule has 4 rings (SSSR count). The highest BCUT2D eigenvalue weighted by Crippen LogP contribution is 2.31. The zero-order chi connectivity index (χ0) is 12.7. The maximum atomic E-state index is 5.83. The Morgan fingerprint density at radius 3 is 2.37 bits per heavy atom. The van der Waals surface area contributed by atoms with Crippen LogP contribution < -0.4 is 0 Å². The summed E-state index contributed by atoms with van der Waals surface area (Å²) in [5.74, 6) is 0. The summed E-state index contributed by atoms with van der Waals surface area (Å²) in [5, 5.41) is 2.32. The van der Waals surface area contributed by atoms with Crippen LogP contribution in [0.3, 0.4) is 0 Å². The first-order valence-electron chi connectivity index (χ1n) is 6.23. The van der Waals surface area contributed by atoms with Crippen molar-refractivity contribution >= 4 is 21.9 Å². The molecule has 2 aromatic heterocycles. The monoisotopic (exact) mass is 245 g/mol. The summed E-state index contributed by atoms with van der Waals surface area (Å²) in [6.45, 7) is 0. The fourth-order valence-corrected chi connectivity index (χ4v) is 2.45. The molecule has 0 aliphatic heterocycles. The molecule has 0 atom stereocenters. The van der Waals surface area contributed by atoms with Crippen LogP contribution in [0.2, 0.25) is 0 Å². The quantitative estimate of drug-likeness (QED) is 0.488. The molecule has 0 radical (unpaired) electrons. The van der Waals surface area contributed by atoms with Crippen molar-refractivity contribution < 1.29 is 4.42 Å². The number of aromatic nitrogens is 1. The number of hydrogen-bond acceptors (Lipinski definition) is 2. The van der Waals surface area contributed by atoms with Gasteiger partial charge in [0.2, 0.25) is 0 Å². The van der Waals surface area contributed by atoms with E-state index in [9.17, 15) is 0 Å². The molecule has 0 N–H and O–H groups in total. The van der Waals surface area contributed by atoms with Crippen LogP contribution in [-0.4, -0.2) is 4.98 Å². The van der Waals surface area contributed by atoms with Crippen molar-refractivity contribution in [3.63, 3.8) is 0 Å². The van der Waals surface area contributed by atoms with Crippen molar-refractivity contribution in [1.82, 2.24) is 4.98 Å². The first-order chi connectivity index (χ1) is 9.42. The third-order valence-corrected chi connectivity index (χ3v) is 3.39. The Morgan fingerprint density at radius 1 is 0.684 bits per heavy atom. The number of benzene rings is 2. The fraction of sp³-hybridized carbons (Fsp3) is 0. The van der Waals surface area contributed by atoms with Gasteiger partial charge >= 0.3 is 0 Å². The van der Waals surface area contributed by atoms with Gasteiger partial charge in [-0.3, -0.25) is 4.98 Å². The van der Waals surface area contributed by atoms with Crippen LogP contribution in [0.15, 0.2) is 71.4 Å². The molecule has 0 saturated heterocycles. The molecule has 2 aromatic carbocycles. The van der Waals surface area contributed by atoms with Crippen molar-refractivity contribution in [1.29, 1.82) is 0 Å². The molecule has 0 bridgehead atoms. The average molecular weight is 245 g/mol. The molecule has 90 valence electrons. The highest BCUT2D eigenvalue weighted by atomic mass is 16.3. The first-order valence-corrected chi connectivity index (χ1v) is 6.23. The van der Waals surface area contributed by atoms with Crippen LogP contribution in [-0.2, 0) is 0 Å². The summed E-state index contributed by atoms with van der Waals surface area (Å²) in [6, 6.07) is 18.5. The number of nitrogens with zero attached hydrogens (tertiary/aromatic N) is 1. The molecular formula is C17H11NO. The third kappa shape index (κ3) is 1.61. The topological polar surface area (TPSA) is 26.0 Å². The number of fused-ring (bicyclic) bond motifs is 3. The second-order valence-electron chi connectivity index (χ2n) is 4.55. The van der Waals surface area contributed by atoms with E-state index < -0.39 is 0 Å². The molecule has 0 saturated carbocycles. The molecule has 2 nitrogen and oxygen atoms in total. The van der Waals surface area contributed by atoms with Crippen LogP contribution in [0.25, 0.3) is 33.1 Å². The van der Waals surface area contributed by atoms with Gasteiger partial charge in [0.05, 0.1) is 0 Å². The second kappa shape index (κ2) is 3.95. The molecule has 2 heterocycles. The van der Waals surface area contributed by atoms with Gasteiger partial charge in [-0.2, -0.15) is 0 Å². The van der Waals surface area contributed by atoms with E-state index in [2.05, 4.69) is 23.2 Å². The summed E-state index contributed by atoms with van der Waals surface area (Å²) in [6.07, 6.45) is 3.63. The van der Waals surface area contributed by atoms with Gasteiger partial charge in [-0.05, 0) is 41.5 Å². The van der Waals surface area contributed by atoms with Gasteiger partial charge in [0.25, 0.3) is 0 Å².